The molecule has 2 rings (SSSR count). The van der Waals surface area contributed by atoms with Gasteiger partial charge in [0.2, 0.25) is 10.0 Å². The second-order valence-electron chi connectivity index (χ2n) is 6.15. The first-order chi connectivity index (χ1) is 12.3. The molecular weight excluding hydrogens is 368 g/mol. The van der Waals surface area contributed by atoms with Crippen molar-refractivity contribution in [1.82, 2.24) is 10.6 Å². The first kappa shape index (κ1) is 20.4. The van der Waals surface area contributed by atoms with E-state index in [1.54, 1.807) is 6.07 Å². The molecule has 0 spiro atoms. The fourth-order valence-corrected chi connectivity index (χ4v) is 4.06. The lowest BCUT2D eigenvalue weighted by atomic mass is 10.0. The van der Waals surface area contributed by atoms with E-state index in [9.17, 15) is 8.42 Å². The van der Waals surface area contributed by atoms with Gasteiger partial charge >= 0.3 is 0 Å². The summed E-state index contributed by atoms with van der Waals surface area (Å²) in [5.74, 6) is 1.05. The minimum atomic E-state index is -3.65. The van der Waals surface area contributed by atoms with E-state index in [2.05, 4.69) is 53.7 Å². The van der Waals surface area contributed by atoms with Crippen molar-refractivity contribution in [2.45, 2.75) is 37.4 Å². The molecule has 8 heteroatoms. The van der Waals surface area contributed by atoms with Crippen LogP contribution in [0.5, 0.6) is 0 Å². The van der Waals surface area contributed by atoms with Crippen LogP contribution < -0.4 is 15.8 Å². The Morgan fingerprint density at radius 3 is 2.46 bits per heavy atom. The standard InChI is InChI=1S/C18H26N4O2S2/c1-4-20-18(21-11-14(3)15-7-5-13(2)6-8-15)22-12-16-9-10-17(25-16)26(19,23)24/h5-10,14H,4,11-12H2,1-3H3,(H2,19,23,24)(H2,20,21,22). The van der Waals surface area contributed by atoms with Gasteiger partial charge in [-0.2, -0.15) is 0 Å². The maximum Gasteiger partial charge on any atom is 0.247 e. The third kappa shape index (κ3) is 6.12. The summed E-state index contributed by atoms with van der Waals surface area (Å²) in [7, 11) is -3.65. The highest BCUT2D eigenvalue weighted by atomic mass is 32.2. The highest BCUT2D eigenvalue weighted by Crippen LogP contribution is 2.21. The van der Waals surface area contributed by atoms with Crippen LogP contribution in [-0.2, 0) is 16.6 Å². The zero-order valence-corrected chi connectivity index (χ0v) is 17.0. The lowest BCUT2D eigenvalue weighted by Crippen LogP contribution is -2.39. The quantitative estimate of drug-likeness (QED) is 0.497. The molecule has 0 aliphatic heterocycles. The molecule has 4 N–H and O–H groups in total. The number of guanidine groups is 1. The monoisotopic (exact) mass is 394 g/mol. The Balaban J connectivity index is 1.97. The number of nitrogens with two attached hydrogens (primary N) is 1. The Bertz CT molecular complexity index is 842. The van der Waals surface area contributed by atoms with Gasteiger partial charge in [-0.1, -0.05) is 36.8 Å². The van der Waals surface area contributed by atoms with Crippen molar-refractivity contribution in [2.75, 3.05) is 13.1 Å². The van der Waals surface area contributed by atoms with Crippen LogP contribution in [0.15, 0.2) is 45.6 Å². The number of benzene rings is 1. The Morgan fingerprint density at radius 1 is 1.19 bits per heavy atom. The van der Waals surface area contributed by atoms with Crippen LogP contribution in [0, 0.1) is 6.92 Å². The lowest BCUT2D eigenvalue weighted by Gasteiger charge is -2.16. The van der Waals surface area contributed by atoms with Crippen LogP contribution in [-0.4, -0.2) is 27.5 Å². The van der Waals surface area contributed by atoms with Gasteiger partial charge < -0.3 is 10.6 Å². The molecule has 1 atom stereocenters. The number of nitrogens with zero attached hydrogens (tertiary/aromatic N) is 1. The molecule has 0 fully saturated rings. The van der Waals surface area contributed by atoms with Crippen LogP contribution >= 0.6 is 11.3 Å². The molecule has 1 heterocycles. The molecule has 6 nitrogen and oxygen atoms in total. The summed E-state index contributed by atoms with van der Waals surface area (Å²) < 4.78 is 22.9. The molecule has 26 heavy (non-hydrogen) atoms. The predicted octanol–water partition coefficient (Wildman–Crippen LogP) is 2.56. The van der Waals surface area contributed by atoms with E-state index in [1.807, 2.05) is 6.92 Å². The van der Waals surface area contributed by atoms with Crippen molar-refractivity contribution >= 4 is 27.3 Å². The van der Waals surface area contributed by atoms with Gasteiger partial charge in [0.1, 0.15) is 4.21 Å². The van der Waals surface area contributed by atoms with E-state index >= 15 is 0 Å². The number of hydrogen-bond donors (Lipinski definition) is 3. The SMILES string of the molecule is CCNC(=NCc1ccc(S(N)(=O)=O)s1)NCC(C)c1ccc(C)cc1. The molecule has 0 amide bonds. The summed E-state index contributed by atoms with van der Waals surface area (Å²) in [4.78, 5) is 5.37. The second kappa shape index (κ2) is 9.16. The number of aliphatic imine (C=N–C) groups is 1. The molecule has 2 aromatic rings. The first-order valence-electron chi connectivity index (χ1n) is 8.50. The molecule has 0 aliphatic rings. The van der Waals surface area contributed by atoms with Crippen molar-refractivity contribution in [2.24, 2.45) is 10.1 Å². The highest BCUT2D eigenvalue weighted by Gasteiger charge is 2.11. The van der Waals surface area contributed by atoms with Crippen LogP contribution in [0.3, 0.4) is 0 Å². The minimum Gasteiger partial charge on any atom is -0.357 e. The maximum absolute atomic E-state index is 11.3. The van der Waals surface area contributed by atoms with Crippen molar-refractivity contribution in [3.05, 3.63) is 52.4 Å². The Kier molecular flexibility index (Phi) is 7.19. The zero-order valence-electron chi connectivity index (χ0n) is 15.3. The van der Waals surface area contributed by atoms with Gasteiger partial charge in [0.25, 0.3) is 0 Å². The number of sulfonamides is 1. The van der Waals surface area contributed by atoms with Gasteiger partial charge in [0.05, 0.1) is 6.54 Å². The Morgan fingerprint density at radius 2 is 1.88 bits per heavy atom. The molecule has 0 saturated carbocycles. The largest absolute Gasteiger partial charge is 0.357 e. The van der Waals surface area contributed by atoms with E-state index in [1.165, 1.54) is 17.2 Å². The molecule has 1 aromatic carbocycles. The summed E-state index contributed by atoms with van der Waals surface area (Å²) in [5.41, 5.74) is 2.52. The number of rotatable bonds is 7. The summed E-state index contributed by atoms with van der Waals surface area (Å²) in [5, 5.41) is 11.7. The van der Waals surface area contributed by atoms with Gasteiger partial charge in [-0.25, -0.2) is 18.5 Å². The fourth-order valence-electron chi connectivity index (χ4n) is 2.36. The first-order valence-corrected chi connectivity index (χ1v) is 10.9. The number of primary sulfonamides is 1. The van der Waals surface area contributed by atoms with Gasteiger partial charge in [-0.05, 0) is 37.5 Å². The summed E-state index contributed by atoms with van der Waals surface area (Å²) >= 11 is 1.15. The molecule has 0 bridgehead atoms. The average molecular weight is 395 g/mol. The van der Waals surface area contributed by atoms with Crippen LogP contribution in [0.4, 0.5) is 0 Å². The zero-order chi connectivity index (χ0) is 19.2. The van der Waals surface area contributed by atoms with Crippen LogP contribution in [0.1, 0.15) is 35.8 Å². The summed E-state index contributed by atoms with van der Waals surface area (Å²) in [6.07, 6.45) is 0. The third-order valence-corrected chi connectivity index (χ3v) is 6.39. The normalized spacial score (nSPS) is 13.5. The molecular formula is C18H26N4O2S2. The van der Waals surface area contributed by atoms with Gasteiger partial charge in [0.15, 0.2) is 5.96 Å². The molecule has 1 aromatic heterocycles. The van der Waals surface area contributed by atoms with Gasteiger partial charge in [-0.3, -0.25) is 0 Å². The van der Waals surface area contributed by atoms with E-state index in [0.717, 1.165) is 29.3 Å². The van der Waals surface area contributed by atoms with Gasteiger partial charge in [-0.15, -0.1) is 11.3 Å². The lowest BCUT2D eigenvalue weighted by molar-refractivity contribution is 0.600. The molecule has 0 aliphatic carbocycles. The molecule has 1 unspecified atom stereocenters. The van der Waals surface area contributed by atoms with Gasteiger partial charge in [0, 0.05) is 18.0 Å². The van der Waals surface area contributed by atoms with Crippen molar-refractivity contribution in [1.29, 1.82) is 0 Å². The number of hydrogen-bond acceptors (Lipinski definition) is 4. The Hall–Kier alpha value is -1.90. The van der Waals surface area contributed by atoms with Crippen LogP contribution in [0.25, 0.3) is 0 Å². The van der Waals surface area contributed by atoms with E-state index in [-0.39, 0.29) is 4.21 Å². The van der Waals surface area contributed by atoms with E-state index < -0.39 is 10.0 Å². The number of nitrogens with one attached hydrogen (secondary N) is 2. The third-order valence-electron chi connectivity index (χ3n) is 3.88. The predicted molar refractivity (Wildman–Crippen MR) is 108 cm³/mol. The smallest absolute Gasteiger partial charge is 0.247 e. The topological polar surface area (TPSA) is 96.6 Å². The second-order valence-corrected chi connectivity index (χ2v) is 9.11. The molecule has 142 valence electrons. The van der Waals surface area contributed by atoms with Crippen molar-refractivity contribution in [3.63, 3.8) is 0 Å². The maximum atomic E-state index is 11.3. The summed E-state index contributed by atoms with van der Waals surface area (Å²) in [6, 6.07) is 11.8. The number of aryl methyl sites for hydroxylation is 1. The summed E-state index contributed by atoms with van der Waals surface area (Å²) in [6.45, 7) is 8.14. The fraction of sp³-hybridized carbons (Fsp3) is 0.389. The van der Waals surface area contributed by atoms with E-state index in [0.29, 0.717) is 18.4 Å². The van der Waals surface area contributed by atoms with E-state index in [4.69, 9.17) is 5.14 Å². The van der Waals surface area contributed by atoms with Crippen LogP contribution in [0.2, 0.25) is 0 Å². The van der Waals surface area contributed by atoms with Crippen molar-refractivity contribution in [3.8, 4) is 0 Å². The minimum absolute atomic E-state index is 0.161. The number of thiophene rings is 1. The highest BCUT2D eigenvalue weighted by molar-refractivity contribution is 7.91. The molecule has 0 saturated heterocycles. The van der Waals surface area contributed by atoms with Crippen molar-refractivity contribution < 1.29 is 8.42 Å². The average Bonchev–Trinajstić information content (AvgIpc) is 3.07. The molecule has 0 radical (unpaired) electrons. The Labute approximate surface area is 159 Å².